The number of carbonyl (C=O) groups excluding carboxylic acids is 1. The van der Waals surface area contributed by atoms with Crippen LogP contribution in [0.2, 0.25) is 0 Å². The van der Waals surface area contributed by atoms with Crippen molar-refractivity contribution in [3.63, 3.8) is 0 Å². The molecule has 0 saturated carbocycles. The van der Waals surface area contributed by atoms with E-state index < -0.39 is 36.6 Å². The lowest BCUT2D eigenvalue weighted by atomic mass is 10.0. The van der Waals surface area contributed by atoms with Crippen LogP contribution in [0.15, 0.2) is 6.20 Å². The average molecular weight is 378 g/mol. The highest BCUT2D eigenvalue weighted by molar-refractivity contribution is 9.08. The van der Waals surface area contributed by atoms with Gasteiger partial charge in [-0.2, -0.15) is 0 Å². The summed E-state index contributed by atoms with van der Waals surface area (Å²) in [5, 5.41) is 0.0261. The maximum Gasteiger partial charge on any atom is 0.574 e. The molecule has 0 aromatic carbocycles. The van der Waals surface area contributed by atoms with E-state index in [1.807, 2.05) is 0 Å². The van der Waals surface area contributed by atoms with Crippen molar-refractivity contribution in [2.45, 2.75) is 24.5 Å². The molecular weight excluding hydrogens is 369 g/mol. The number of pyridine rings is 1. The van der Waals surface area contributed by atoms with E-state index in [9.17, 15) is 26.7 Å². The number of methoxy groups -OCH3 is 1. The van der Waals surface area contributed by atoms with Gasteiger partial charge in [0.2, 0.25) is 5.88 Å². The highest BCUT2D eigenvalue weighted by Gasteiger charge is 2.35. The summed E-state index contributed by atoms with van der Waals surface area (Å²) in [5.41, 5.74) is -1.23. The number of rotatable bonds is 5. The molecule has 1 aromatic rings. The van der Waals surface area contributed by atoms with Crippen LogP contribution in [0, 0.1) is 0 Å². The number of aromatic nitrogens is 1. The first kappa shape index (κ1) is 17.6. The number of hydrogen-bond acceptors (Lipinski definition) is 4. The highest BCUT2D eigenvalue weighted by atomic mass is 79.9. The van der Waals surface area contributed by atoms with Gasteiger partial charge >= 0.3 is 12.3 Å². The fraction of sp³-hybridized carbons (Fsp3) is 0.455. The summed E-state index contributed by atoms with van der Waals surface area (Å²) in [5.74, 6) is -2.15. The van der Waals surface area contributed by atoms with Crippen LogP contribution < -0.4 is 4.74 Å². The number of carbonyl (C=O) groups is 1. The van der Waals surface area contributed by atoms with Crippen LogP contribution in [0.3, 0.4) is 0 Å². The van der Waals surface area contributed by atoms with Gasteiger partial charge in [0.15, 0.2) is 0 Å². The number of esters is 1. The second-order valence-electron chi connectivity index (χ2n) is 3.72. The van der Waals surface area contributed by atoms with Gasteiger partial charge in [-0.3, -0.25) is 4.79 Å². The third-order valence-electron chi connectivity index (χ3n) is 2.40. The Morgan fingerprint density at radius 1 is 1.43 bits per heavy atom. The molecule has 0 aliphatic heterocycles. The minimum Gasteiger partial charge on any atom is -0.469 e. The summed E-state index contributed by atoms with van der Waals surface area (Å²) in [7, 11) is 1.03. The lowest BCUT2D eigenvalue weighted by molar-refractivity contribution is -0.276. The predicted octanol–water partition coefficient (Wildman–Crippen LogP) is 3.53. The molecular formula is C11H9BrF5NO3. The number of ether oxygens (including phenoxy) is 2. The van der Waals surface area contributed by atoms with Crippen molar-refractivity contribution < 1.29 is 36.2 Å². The molecule has 10 heteroatoms. The Bertz CT molecular complexity index is 521. The van der Waals surface area contributed by atoms with Crippen LogP contribution in [0.5, 0.6) is 5.88 Å². The van der Waals surface area contributed by atoms with Gasteiger partial charge in [-0.1, -0.05) is 15.9 Å². The molecule has 0 aliphatic carbocycles. The molecule has 4 nitrogen and oxygen atoms in total. The molecule has 0 unspecified atom stereocenters. The molecule has 0 atom stereocenters. The van der Waals surface area contributed by atoms with Crippen molar-refractivity contribution in [2.75, 3.05) is 7.11 Å². The molecule has 1 rings (SSSR count). The maximum absolute atomic E-state index is 13.1. The molecule has 0 aliphatic rings. The molecule has 0 N–H and O–H groups in total. The number of nitrogens with zero attached hydrogens (tertiary/aromatic N) is 1. The second-order valence-corrected chi connectivity index (χ2v) is 4.28. The highest BCUT2D eigenvalue weighted by Crippen LogP contribution is 2.36. The van der Waals surface area contributed by atoms with Gasteiger partial charge < -0.3 is 9.47 Å². The van der Waals surface area contributed by atoms with Crippen molar-refractivity contribution >= 4 is 21.9 Å². The molecule has 1 aromatic heterocycles. The van der Waals surface area contributed by atoms with Crippen LogP contribution in [0.1, 0.15) is 23.1 Å². The Morgan fingerprint density at radius 3 is 2.48 bits per heavy atom. The summed E-state index contributed by atoms with van der Waals surface area (Å²) in [6, 6.07) is 0. The summed E-state index contributed by atoms with van der Waals surface area (Å²) in [6.45, 7) is 0. The first-order valence-electron chi connectivity index (χ1n) is 5.37. The van der Waals surface area contributed by atoms with Crippen LogP contribution in [0.4, 0.5) is 22.0 Å². The van der Waals surface area contributed by atoms with Crippen LogP contribution in [-0.2, 0) is 21.3 Å². The van der Waals surface area contributed by atoms with Crippen molar-refractivity contribution in [2.24, 2.45) is 0 Å². The van der Waals surface area contributed by atoms with Gasteiger partial charge in [-0.15, -0.1) is 13.2 Å². The molecule has 0 saturated heterocycles. The van der Waals surface area contributed by atoms with Gasteiger partial charge in [0.1, 0.15) is 0 Å². The van der Waals surface area contributed by atoms with E-state index in [1.165, 1.54) is 0 Å². The van der Waals surface area contributed by atoms with E-state index >= 15 is 0 Å². The van der Waals surface area contributed by atoms with E-state index in [2.05, 4.69) is 30.4 Å². The minimum atomic E-state index is -5.17. The number of halogens is 6. The third-order valence-corrected chi connectivity index (χ3v) is 3.01. The standard InChI is InChI=1S/C11H9BrF5NO3/c1-20-7(19)2-6-5(3-12)4-18-10(8(6)9(13)14)21-11(15,16)17/h4,9H,2-3H2,1H3. The van der Waals surface area contributed by atoms with Gasteiger partial charge in [-0.05, 0) is 11.1 Å². The number of alkyl halides is 6. The predicted molar refractivity (Wildman–Crippen MR) is 64.2 cm³/mol. The summed E-state index contributed by atoms with van der Waals surface area (Å²) in [4.78, 5) is 14.5. The Hall–Kier alpha value is -1.45. The van der Waals surface area contributed by atoms with Crippen LogP contribution >= 0.6 is 15.9 Å². The second kappa shape index (κ2) is 7.01. The van der Waals surface area contributed by atoms with Crippen molar-refractivity contribution in [1.29, 1.82) is 0 Å². The quantitative estimate of drug-likeness (QED) is 0.447. The van der Waals surface area contributed by atoms with Gasteiger partial charge in [0.25, 0.3) is 6.43 Å². The summed E-state index contributed by atoms with van der Waals surface area (Å²) < 4.78 is 70.7. The third kappa shape index (κ3) is 4.80. The molecule has 0 amide bonds. The summed E-state index contributed by atoms with van der Waals surface area (Å²) in [6.07, 6.45) is -8.16. The van der Waals surface area contributed by atoms with E-state index in [1.54, 1.807) is 0 Å². The van der Waals surface area contributed by atoms with Gasteiger partial charge in [0, 0.05) is 11.5 Å². The molecule has 0 fully saturated rings. The van der Waals surface area contributed by atoms with E-state index in [0.29, 0.717) is 0 Å². The monoisotopic (exact) mass is 377 g/mol. The van der Waals surface area contributed by atoms with E-state index in [4.69, 9.17) is 0 Å². The molecule has 0 radical (unpaired) electrons. The molecule has 1 heterocycles. The van der Waals surface area contributed by atoms with Gasteiger partial charge in [-0.25, -0.2) is 13.8 Å². The maximum atomic E-state index is 13.1. The first-order chi connectivity index (χ1) is 9.69. The van der Waals surface area contributed by atoms with Crippen molar-refractivity contribution in [3.8, 4) is 5.88 Å². The Morgan fingerprint density at radius 2 is 2.05 bits per heavy atom. The van der Waals surface area contributed by atoms with E-state index in [-0.39, 0.29) is 16.5 Å². The molecule has 21 heavy (non-hydrogen) atoms. The SMILES string of the molecule is COC(=O)Cc1c(CBr)cnc(OC(F)(F)F)c1C(F)F. The Labute approximate surface area is 124 Å². The minimum absolute atomic E-state index is 0.0261. The number of hydrogen-bond donors (Lipinski definition) is 0. The van der Waals surface area contributed by atoms with Crippen molar-refractivity contribution in [3.05, 3.63) is 22.9 Å². The van der Waals surface area contributed by atoms with E-state index in [0.717, 1.165) is 13.3 Å². The molecule has 0 spiro atoms. The smallest absolute Gasteiger partial charge is 0.469 e. The molecule has 118 valence electrons. The van der Waals surface area contributed by atoms with Gasteiger partial charge in [0.05, 0.1) is 19.1 Å². The fourth-order valence-corrected chi connectivity index (χ4v) is 2.03. The Kier molecular flexibility index (Phi) is 5.87. The fourth-order valence-electron chi connectivity index (χ4n) is 1.54. The lowest BCUT2D eigenvalue weighted by Gasteiger charge is -2.17. The van der Waals surface area contributed by atoms with Crippen molar-refractivity contribution in [1.82, 2.24) is 4.98 Å². The largest absolute Gasteiger partial charge is 0.574 e. The zero-order chi connectivity index (χ0) is 16.2. The van der Waals surface area contributed by atoms with Crippen LogP contribution in [0.25, 0.3) is 0 Å². The Balaban J connectivity index is 3.41. The normalized spacial score (nSPS) is 11.6. The van der Waals surface area contributed by atoms with Crippen LogP contribution in [-0.4, -0.2) is 24.4 Å². The summed E-state index contributed by atoms with van der Waals surface area (Å²) >= 11 is 2.99. The first-order valence-corrected chi connectivity index (χ1v) is 6.49. The topological polar surface area (TPSA) is 48.4 Å². The zero-order valence-corrected chi connectivity index (χ0v) is 12.1. The zero-order valence-electron chi connectivity index (χ0n) is 10.5. The lowest BCUT2D eigenvalue weighted by Crippen LogP contribution is -2.21. The average Bonchev–Trinajstić information content (AvgIpc) is 2.36. The molecule has 0 bridgehead atoms.